The van der Waals surface area contributed by atoms with E-state index in [0.717, 1.165) is 25.1 Å². The summed E-state index contributed by atoms with van der Waals surface area (Å²) in [5.74, 6) is 0.418. The van der Waals surface area contributed by atoms with E-state index < -0.39 is 10.0 Å². The van der Waals surface area contributed by atoms with E-state index in [2.05, 4.69) is 4.90 Å². The second-order valence-corrected chi connectivity index (χ2v) is 6.95. The second-order valence-electron chi connectivity index (χ2n) is 5.05. The molecule has 1 saturated heterocycles. The topological polar surface area (TPSA) is 49.9 Å². The molecule has 0 aliphatic carbocycles. The zero-order valence-corrected chi connectivity index (χ0v) is 13.1. The molecule has 20 heavy (non-hydrogen) atoms. The molecule has 112 valence electrons. The van der Waals surface area contributed by atoms with Gasteiger partial charge in [-0.3, -0.25) is 0 Å². The van der Waals surface area contributed by atoms with Crippen molar-refractivity contribution >= 4 is 10.0 Å². The number of piperazine rings is 1. The molecule has 2 rings (SSSR count). The number of sulfonamides is 1. The smallest absolute Gasteiger partial charge is 0.246 e. The maximum atomic E-state index is 12.8. The minimum Gasteiger partial charge on any atom is -0.495 e. The number of nitrogens with zero attached hydrogens (tertiary/aromatic N) is 2. The molecule has 0 spiro atoms. The zero-order chi connectivity index (χ0) is 14.8. The molecule has 0 radical (unpaired) electrons. The van der Waals surface area contributed by atoms with Crippen LogP contribution in [0.3, 0.4) is 0 Å². The van der Waals surface area contributed by atoms with E-state index in [1.807, 2.05) is 20.0 Å². The fourth-order valence-corrected chi connectivity index (χ4v) is 3.94. The summed E-state index contributed by atoms with van der Waals surface area (Å²) >= 11 is 0. The molecule has 6 heteroatoms. The Morgan fingerprint density at radius 1 is 1.20 bits per heavy atom. The lowest BCUT2D eigenvalue weighted by atomic mass is 10.2. The van der Waals surface area contributed by atoms with Crippen molar-refractivity contribution in [2.75, 3.05) is 40.3 Å². The van der Waals surface area contributed by atoms with Crippen LogP contribution in [0.15, 0.2) is 23.1 Å². The molecule has 0 saturated carbocycles. The Bertz CT molecular complexity index is 564. The van der Waals surface area contributed by atoms with E-state index in [9.17, 15) is 8.42 Å². The van der Waals surface area contributed by atoms with Crippen molar-refractivity contribution in [3.8, 4) is 5.75 Å². The minimum absolute atomic E-state index is 0.281. The van der Waals surface area contributed by atoms with E-state index in [4.69, 9.17) is 4.74 Å². The predicted molar refractivity (Wildman–Crippen MR) is 78.6 cm³/mol. The molecule has 1 aromatic rings. The van der Waals surface area contributed by atoms with Crippen LogP contribution in [-0.2, 0) is 16.4 Å². The predicted octanol–water partition coefficient (Wildman–Crippen LogP) is 1.19. The second kappa shape index (κ2) is 6.11. The van der Waals surface area contributed by atoms with Crippen molar-refractivity contribution in [1.29, 1.82) is 0 Å². The first-order valence-corrected chi connectivity index (χ1v) is 8.28. The van der Waals surface area contributed by atoms with Gasteiger partial charge in [-0.15, -0.1) is 0 Å². The molecule has 1 aromatic carbocycles. The van der Waals surface area contributed by atoms with Crippen LogP contribution in [0.5, 0.6) is 5.75 Å². The van der Waals surface area contributed by atoms with Crippen LogP contribution in [0.4, 0.5) is 0 Å². The number of hydrogen-bond donors (Lipinski definition) is 0. The highest BCUT2D eigenvalue weighted by molar-refractivity contribution is 7.89. The van der Waals surface area contributed by atoms with E-state index in [1.165, 1.54) is 7.11 Å². The number of likely N-dealkylation sites (N-methyl/N-ethyl adjacent to an activating group) is 1. The molecule has 1 fully saturated rings. The molecule has 1 heterocycles. The van der Waals surface area contributed by atoms with Gasteiger partial charge < -0.3 is 9.64 Å². The van der Waals surface area contributed by atoms with Gasteiger partial charge in [0.1, 0.15) is 10.6 Å². The van der Waals surface area contributed by atoms with Gasteiger partial charge in [0, 0.05) is 26.2 Å². The third-order valence-electron chi connectivity index (χ3n) is 3.72. The maximum Gasteiger partial charge on any atom is 0.246 e. The van der Waals surface area contributed by atoms with Crippen molar-refractivity contribution in [1.82, 2.24) is 9.21 Å². The Morgan fingerprint density at radius 3 is 2.40 bits per heavy atom. The van der Waals surface area contributed by atoms with E-state index >= 15 is 0 Å². The first-order valence-electron chi connectivity index (χ1n) is 6.84. The van der Waals surface area contributed by atoms with Crippen LogP contribution in [0.2, 0.25) is 0 Å². The van der Waals surface area contributed by atoms with Crippen LogP contribution in [0.25, 0.3) is 0 Å². The Kier molecular flexibility index (Phi) is 4.67. The minimum atomic E-state index is -3.48. The molecule has 0 bridgehead atoms. The number of hydrogen-bond acceptors (Lipinski definition) is 4. The van der Waals surface area contributed by atoms with E-state index in [-0.39, 0.29) is 4.90 Å². The quantitative estimate of drug-likeness (QED) is 0.838. The average Bonchev–Trinajstić information content (AvgIpc) is 2.47. The molecular formula is C14H22N2O3S. The summed E-state index contributed by atoms with van der Waals surface area (Å²) in [5.41, 5.74) is 0.999. The summed E-state index contributed by atoms with van der Waals surface area (Å²) in [6.45, 7) is 4.58. The first kappa shape index (κ1) is 15.3. The summed E-state index contributed by atoms with van der Waals surface area (Å²) in [6, 6.07) is 5.37. The third kappa shape index (κ3) is 2.97. The number of ether oxygens (including phenoxy) is 1. The molecule has 0 N–H and O–H groups in total. The van der Waals surface area contributed by atoms with Gasteiger partial charge in [-0.25, -0.2) is 8.42 Å². The highest BCUT2D eigenvalue weighted by Gasteiger charge is 2.30. The first-order chi connectivity index (χ1) is 9.48. The van der Waals surface area contributed by atoms with Crippen molar-refractivity contribution < 1.29 is 13.2 Å². The van der Waals surface area contributed by atoms with Crippen LogP contribution < -0.4 is 4.74 Å². The molecule has 1 aliphatic heterocycles. The zero-order valence-electron chi connectivity index (χ0n) is 12.3. The Morgan fingerprint density at radius 2 is 1.85 bits per heavy atom. The SMILES string of the molecule is CCc1ccc(OC)c(S(=O)(=O)N2CCN(C)CC2)c1. The molecule has 1 aliphatic rings. The van der Waals surface area contributed by atoms with Gasteiger partial charge in [-0.05, 0) is 31.2 Å². The normalized spacial score (nSPS) is 18.1. The van der Waals surface area contributed by atoms with E-state index in [0.29, 0.717) is 18.8 Å². The lowest BCUT2D eigenvalue weighted by molar-refractivity contribution is 0.222. The lowest BCUT2D eigenvalue weighted by Crippen LogP contribution is -2.47. The number of aryl methyl sites for hydroxylation is 1. The van der Waals surface area contributed by atoms with Gasteiger partial charge in [0.2, 0.25) is 10.0 Å². The van der Waals surface area contributed by atoms with Crippen molar-refractivity contribution in [3.05, 3.63) is 23.8 Å². The van der Waals surface area contributed by atoms with Gasteiger partial charge in [-0.1, -0.05) is 13.0 Å². The van der Waals surface area contributed by atoms with Crippen LogP contribution in [-0.4, -0.2) is 58.0 Å². The number of benzene rings is 1. The summed E-state index contributed by atoms with van der Waals surface area (Å²) < 4.78 is 32.3. The van der Waals surface area contributed by atoms with Gasteiger partial charge in [0.05, 0.1) is 7.11 Å². The Labute approximate surface area is 121 Å². The monoisotopic (exact) mass is 298 g/mol. The van der Waals surface area contributed by atoms with Gasteiger partial charge >= 0.3 is 0 Å². The fraction of sp³-hybridized carbons (Fsp3) is 0.571. The van der Waals surface area contributed by atoms with Crippen LogP contribution in [0, 0.1) is 0 Å². The average molecular weight is 298 g/mol. The Balaban J connectivity index is 2.37. The highest BCUT2D eigenvalue weighted by Crippen LogP contribution is 2.28. The molecule has 0 aromatic heterocycles. The van der Waals surface area contributed by atoms with Gasteiger partial charge in [0.25, 0.3) is 0 Å². The fourth-order valence-electron chi connectivity index (χ4n) is 2.31. The van der Waals surface area contributed by atoms with Crippen LogP contribution >= 0.6 is 0 Å². The maximum absolute atomic E-state index is 12.8. The van der Waals surface area contributed by atoms with Crippen molar-refractivity contribution in [3.63, 3.8) is 0 Å². The summed E-state index contributed by atoms with van der Waals surface area (Å²) in [6.07, 6.45) is 0.801. The third-order valence-corrected chi connectivity index (χ3v) is 5.64. The molecule has 0 atom stereocenters. The molecule has 0 unspecified atom stereocenters. The number of methoxy groups -OCH3 is 1. The number of rotatable bonds is 4. The molecule has 5 nitrogen and oxygen atoms in total. The largest absolute Gasteiger partial charge is 0.495 e. The van der Waals surface area contributed by atoms with Crippen LogP contribution in [0.1, 0.15) is 12.5 Å². The Hall–Kier alpha value is -1.11. The summed E-state index contributed by atoms with van der Waals surface area (Å²) in [7, 11) is 0.0270. The van der Waals surface area contributed by atoms with E-state index in [1.54, 1.807) is 16.4 Å². The molecular weight excluding hydrogens is 276 g/mol. The van der Waals surface area contributed by atoms with Crippen molar-refractivity contribution in [2.24, 2.45) is 0 Å². The van der Waals surface area contributed by atoms with Gasteiger partial charge in [0.15, 0.2) is 0 Å². The van der Waals surface area contributed by atoms with Gasteiger partial charge in [-0.2, -0.15) is 4.31 Å². The molecule has 0 amide bonds. The standard InChI is InChI=1S/C14H22N2O3S/c1-4-12-5-6-13(19-3)14(11-12)20(17,18)16-9-7-15(2)8-10-16/h5-6,11H,4,7-10H2,1-3H3. The van der Waals surface area contributed by atoms with Crippen molar-refractivity contribution in [2.45, 2.75) is 18.2 Å². The summed E-state index contributed by atoms with van der Waals surface area (Å²) in [4.78, 5) is 2.41. The summed E-state index contributed by atoms with van der Waals surface area (Å²) in [5, 5.41) is 0. The highest BCUT2D eigenvalue weighted by atomic mass is 32.2. The lowest BCUT2D eigenvalue weighted by Gasteiger charge is -2.31.